The average molecular weight is 384 g/mol. The second-order valence-electron chi connectivity index (χ2n) is 8.27. The zero-order valence-electron chi connectivity index (χ0n) is 16.9. The first-order chi connectivity index (χ1) is 14.1. The predicted molar refractivity (Wildman–Crippen MR) is 115 cm³/mol. The molecule has 0 N–H and O–H groups in total. The molecule has 5 rings (SSSR count). The van der Waals surface area contributed by atoms with Gasteiger partial charge in [0.25, 0.3) is 0 Å². The topological polar surface area (TPSA) is 21.5 Å². The van der Waals surface area contributed by atoms with Gasteiger partial charge in [0.15, 0.2) is 18.5 Å². The monoisotopic (exact) mass is 384 g/mol. The number of hydrogen-bond acceptors (Lipinski definition) is 2. The maximum absolute atomic E-state index is 6.46. The van der Waals surface area contributed by atoms with E-state index < -0.39 is 5.79 Å². The second kappa shape index (κ2) is 7.25. The van der Waals surface area contributed by atoms with Crippen molar-refractivity contribution in [1.82, 2.24) is 0 Å². The SMILES string of the molecule is CC1(C)OC[C@H]([N+]2=Cc3ccccc3-c3ccccc3C2)[C@H](c2ccccc2)O1. The third-order valence-electron chi connectivity index (χ3n) is 5.84. The van der Waals surface area contributed by atoms with Crippen LogP contribution in [-0.2, 0) is 16.0 Å². The summed E-state index contributed by atoms with van der Waals surface area (Å²) >= 11 is 0. The van der Waals surface area contributed by atoms with E-state index in [0.717, 1.165) is 6.54 Å². The van der Waals surface area contributed by atoms with Crippen molar-refractivity contribution in [2.24, 2.45) is 0 Å². The Balaban J connectivity index is 1.61. The van der Waals surface area contributed by atoms with E-state index in [-0.39, 0.29) is 12.1 Å². The van der Waals surface area contributed by atoms with E-state index in [1.165, 1.54) is 27.8 Å². The molecule has 2 atom stereocenters. The van der Waals surface area contributed by atoms with Crippen molar-refractivity contribution in [2.75, 3.05) is 6.61 Å². The lowest BCUT2D eigenvalue weighted by molar-refractivity contribution is -0.607. The van der Waals surface area contributed by atoms with Crippen LogP contribution in [0.1, 0.15) is 36.6 Å². The summed E-state index contributed by atoms with van der Waals surface area (Å²) in [4.78, 5) is 0. The molecular weight excluding hydrogens is 358 g/mol. The van der Waals surface area contributed by atoms with Gasteiger partial charge in [-0.1, -0.05) is 72.8 Å². The predicted octanol–water partition coefficient (Wildman–Crippen LogP) is 5.19. The van der Waals surface area contributed by atoms with E-state index in [9.17, 15) is 0 Å². The van der Waals surface area contributed by atoms with Gasteiger partial charge >= 0.3 is 0 Å². The summed E-state index contributed by atoms with van der Waals surface area (Å²) < 4.78 is 15.0. The van der Waals surface area contributed by atoms with Gasteiger partial charge in [-0.25, -0.2) is 4.58 Å². The molecule has 3 aromatic rings. The van der Waals surface area contributed by atoms with Crippen molar-refractivity contribution in [3.8, 4) is 11.1 Å². The lowest BCUT2D eigenvalue weighted by Gasteiger charge is -2.39. The van der Waals surface area contributed by atoms with Gasteiger partial charge in [0, 0.05) is 11.1 Å². The maximum Gasteiger partial charge on any atom is 0.206 e. The molecule has 1 saturated heterocycles. The van der Waals surface area contributed by atoms with Crippen LogP contribution in [0, 0.1) is 0 Å². The van der Waals surface area contributed by atoms with Crippen LogP contribution >= 0.6 is 0 Å². The first kappa shape index (κ1) is 18.3. The first-order valence-electron chi connectivity index (χ1n) is 10.3. The molecule has 0 radical (unpaired) electrons. The zero-order valence-corrected chi connectivity index (χ0v) is 16.9. The van der Waals surface area contributed by atoms with Crippen LogP contribution in [0.25, 0.3) is 11.1 Å². The summed E-state index contributed by atoms with van der Waals surface area (Å²) in [5, 5.41) is 0. The molecule has 146 valence electrons. The van der Waals surface area contributed by atoms with Gasteiger partial charge in [-0.2, -0.15) is 0 Å². The largest absolute Gasteiger partial charge is 0.343 e. The third-order valence-corrected chi connectivity index (χ3v) is 5.84. The summed E-state index contributed by atoms with van der Waals surface area (Å²) in [6.07, 6.45) is 2.22. The van der Waals surface area contributed by atoms with E-state index >= 15 is 0 Å². The van der Waals surface area contributed by atoms with Crippen molar-refractivity contribution in [1.29, 1.82) is 0 Å². The fraction of sp³-hybridized carbons (Fsp3) is 0.269. The number of ether oxygens (including phenoxy) is 2. The molecule has 0 bridgehead atoms. The summed E-state index contributed by atoms with van der Waals surface area (Å²) in [7, 11) is 0. The summed E-state index contributed by atoms with van der Waals surface area (Å²) in [5.41, 5.74) is 6.32. The molecule has 0 aromatic heterocycles. The molecule has 3 aromatic carbocycles. The highest BCUT2D eigenvalue weighted by atomic mass is 16.7. The van der Waals surface area contributed by atoms with Crippen molar-refractivity contribution in [2.45, 2.75) is 38.3 Å². The Labute approximate surface area is 172 Å². The molecule has 0 aliphatic carbocycles. The number of hydrogen-bond donors (Lipinski definition) is 0. The molecule has 3 nitrogen and oxygen atoms in total. The smallest absolute Gasteiger partial charge is 0.206 e. The summed E-state index contributed by atoms with van der Waals surface area (Å²) in [5.74, 6) is -0.599. The normalized spacial score (nSPS) is 22.8. The Bertz CT molecular complexity index is 1060. The van der Waals surface area contributed by atoms with Gasteiger partial charge in [0.2, 0.25) is 6.04 Å². The highest BCUT2D eigenvalue weighted by Gasteiger charge is 2.43. The van der Waals surface area contributed by atoms with E-state index in [1.807, 2.05) is 19.9 Å². The Morgan fingerprint density at radius 3 is 2.34 bits per heavy atom. The van der Waals surface area contributed by atoms with E-state index in [0.29, 0.717) is 6.61 Å². The van der Waals surface area contributed by atoms with Gasteiger partial charge in [-0.3, -0.25) is 0 Å². The van der Waals surface area contributed by atoms with Gasteiger partial charge in [-0.15, -0.1) is 0 Å². The summed E-state index contributed by atoms with van der Waals surface area (Å²) in [6.45, 7) is 5.44. The summed E-state index contributed by atoms with van der Waals surface area (Å²) in [6, 6.07) is 27.9. The van der Waals surface area contributed by atoms with Crippen LogP contribution in [0.15, 0.2) is 78.9 Å². The molecular formula is C26H26NO2+. The van der Waals surface area contributed by atoms with Gasteiger partial charge in [0.05, 0.1) is 0 Å². The minimum atomic E-state index is -0.599. The number of nitrogens with zero attached hydrogens (tertiary/aromatic N) is 1. The van der Waals surface area contributed by atoms with Crippen LogP contribution < -0.4 is 0 Å². The Hall–Kier alpha value is -2.75. The van der Waals surface area contributed by atoms with Crippen LogP contribution in [0.3, 0.4) is 0 Å². The molecule has 29 heavy (non-hydrogen) atoms. The number of rotatable bonds is 2. The average Bonchev–Trinajstić information content (AvgIpc) is 2.90. The highest BCUT2D eigenvalue weighted by Crippen LogP contribution is 2.36. The minimum Gasteiger partial charge on any atom is -0.343 e. The highest BCUT2D eigenvalue weighted by molar-refractivity contribution is 5.89. The van der Waals surface area contributed by atoms with Crippen LogP contribution in [-0.4, -0.2) is 29.2 Å². The second-order valence-corrected chi connectivity index (χ2v) is 8.27. The standard InChI is InChI=1S/C26H26NO2/c1-26(2)28-18-24(25(29-26)19-10-4-3-5-11-19)27-16-20-12-6-8-14-22(20)23-15-9-7-13-21(23)17-27/h3-16,24-25H,17-18H2,1-2H3/q+1/t24-,25-/m0/s1. The van der Waals surface area contributed by atoms with Crippen molar-refractivity contribution < 1.29 is 14.0 Å². The van der Waals surface area contributed by atoms with Crippen LogP contribution in [0.2, 0.25) is 0 Å². The molecule has 0 spiro atoms. The van der Waals surface area contributed by atoms with E-state index in [4.69, 9.17) is 9.47 Å². The molecule has 0 saturated carbocycles. The zero-order chi connectivity index (χ0) is 19.8. The lowest BCUT2D eigenvalue weighted by atomic mass is 9.97. The first-order valence-corrected chi connectivity index (χ1v) is 10.3. The minimum absolute atomic E-state index is 0.0615. The fourth-order valence-electron chi connectivity index (χ4n) is 4.40. The molecule has 0 unspecified atom stereocenters. The molecule has 2 heterocycles. The van der Waals surface area contributed by atoms with E-state index in [1.54, 1.807) is 0 Å². The van der Waals surface area contributed by atoms with Gasteiger partial charge in [-0.05, 0) is 36.6 Å². The van der Waals surface area contributed by atoms with Crippen molar-refractivity contribution in [3.63, 3.8) is 0 Å². The Morgan fingerprint density at radius 2 is 1.52 bits per heavy atom. The van der Waals surface area contributed by atoms with Gasteiger partial charge in [0.1, 0.15) is 12.7 Å². The fourth-order valence-corrected chi connectivity index (χ4v) is 4.40. The molecule has 3 heteroatoms. The maximum atomic E-state index is 6.46. The van der Waals surface area contributed by atoms with Crippen LogP contribution in [0.4, 0.5) is 0 Å². The lowest BCUT2D eigenvalue weighted by Crippen LogP contribution is -2.49. The molecule has 2 aliphatic heterocycles. The molecule has 0 amide bonds. The van der Waals surface area contributed by atoms with Crippen molar-refractivity contribution in [3.05, 3.63) is 95.6 Å². The third kappa shape index (κ3) is 3.52. The molecule has 2 aliphatic rings. The molecule has 1 fully saturated rings. The van der Waals surface area contributed by atoms with Crippen LogP contribution in [0.5, 0.6) is 0 Å². The number of fused-ring (bicyclic) bond motifs is 3. The van der Waals surface area contributed by atoms with E-state index in [2.05, 4.69) is 83.6 Å². The Kier molecular flexibility index (Phi) is 4.57. The quantitative estimate of drug-likeness (QED) is 0.567. The Morgan fingerprint density at radius 1 is 0.828 bits per heavy atom. The number of benzene rings is 3. The van der Waals surface area contributed by atoms with Gasteiger partial charge < -0.3 is 9.47 Å². The van der Waals surface area contributed by atoms with Crippen molar-refractivity contribution >= 4 is 6.21 Å².